The molecule has 0 unspecified atom stereocenters. The van der Waals surface area contributed by atoms with Crippen LogP contribution in [0.4, 0.5) is 5.69 Å². The fourth-order valence-electron chi connectivity index (χ4n) is 2.59. The van der Waals surface area contributed by atoms with Crippen LogP contribution < -0.4 is 5.32 Å². The van der Waals surface area contributed by atoms with Crippen LogP contribution in [0.3, 0.4) is 0 Å². The molecule has 1 amide bonds. The van der Waals surface area contributed by atoms with Crippen molar-refractivity contribution in [3.63, 3.8) is 0 Å². The van der Waals surface area contributed by atoms with Gasteiger partial charge in [0.15, 0.2) is 5.76 Å². The van der Waals surface area contributed by atoms with Crippen molar-refractivity contribution in [3.05, 3.63) is 48.4 Å². The Kier molecular flexibility index (Phi) is 4.49. The molecule has 2 aromatic rings. The molecule has 1 saturated heterocycles. The van der Waals surface area contributed by atoms with Crippen LogP contribution in [-0.2, 0) is 10.0 Å². The highest BCUT2D eigenvalue weighted by atomic mass is 32.2. The molecule has 122 valence electrons. The number of piperidine rings is 1. The molecule has 1 fully saturated rings. The molecule has 0 saturated carbocycles. The number of furan rings is 1. The molecule has 1 aliphatic heterocycles. The van der Waals surface area contributed by atoms with Crippen molar-refractivity contribution in [2.75, 3.05) is 18.4 Å². The number of sulfonamides is 1. The van der Waals surface area contributed by atoms with Crippen molar-refractivity contribution in [1.82, 2.24) is 4.31 Å². The van der Waals surface area contributed by atoms with Crippen LogP contribution in [0, 0.1) is 0 Å². The number of nitrogens with one attached hydrogen (secondary N) is 1. The third kappa shape index (κ3) is 3.46. The number of carbonyl (C=O) groups is 1. The molecular weight excluding hydrogens is 316 g/mol. The summed E-state index contributed by atoms with van der Waals surface area (Å²) in [7, 11) is -3.52. The standard InChI is InChI=1S/C16H18N2O4S/c19-16(15-8-5-11-22-15)17-13-6-4-7-14(12-13)23(20,21)18-9-2-1-3-10-18/h4-8,11-12H,1-3,9-10H2,(H,17,19). The predicted octanol–water partition coefficient (Wildman–Crippen LogP) is 2.71. The zero-order valence-corrected chi connectivity index (χ0v) is 13.4. The van der Waals surface area contributed by atoms with Crippen LogP contribution in [0.25, 0.3) is 0 Å². The van der Waals surface area contributed by atoms with Crippen molar-refractivity contribution in [3.8, 4) is 0 Å². The van der Waals surface area contributed by atoms with E-state index in [2.05, 4.69) is 5.32 Å². The summed E-state index contributed by atoms with van der Waals surface area (Å²) in [4.78, 5) is 12.2. The molecule has 0 atom stereocenters. The predicted molar refractivity (Wildman–Crippen MR) is 85.7 cm³/mol. The van der Waals surface area contributed by atoms with E-state index in [0.29, 0.717) is 18.8 Å². The van der Waals surface area contributed by atoms with Gasteiger partial charge in [-0.1, -0.05) is 12.5 Å². The molecule has 2 heterocycles. The lowest BCUT2D eigenvalue weighted by atomic mass is 10.2. The van der Waals surface area contributed by atoms with E-state index < -0.39 is 15.9 Å². The molecule has 0 bridgehead atoms. The van der Waals surface area contributed by atoms with Gasteiger partial charge in [-0.25, -0.2) is 8.42 Å². The molecule has 3 rings (SSSR count). The van der Waals surface area contributed by atoms with Crippen LogP contribution in [-0.4, -0.2) is 31.7 Å². The van der Waals surface area contributed by atoms with Gasteiger partial charge in [0.25, 0.3) is 5.91 Å². The molecule has 0 spiro atoms. The van der Waals surface area contributed by atoms with E-state index in [0.717, 1.165) is 19.3 Å². The van der Waals surface area contributed by atoms with Gasteiger partial charge in [0.1, 0.15) is 0 Å². The van der Waals surface area contributed by atoms with Gasteiger partial charge in [-0.15, -0.1) is 0 Å². The lowest BCUT2D eigenvalue weighted by molar-refractivity contribution is 0.0996. The average Bonchev–Trinajstić information content (AvgIpc) is 3.10. The van der Waals surface area contributed by atoms with Crippen molar-refractivity contribution in [2.45, 2.75) is 24.2 Å². The largest absolute Gasteiger partial charge is 0.459 e. The lowest BCUT2D eigenvalue weighted by Crippen LogP contribution is -2.35. The highest BCUT2D eigenvalue weighted by Gasteiger charge is 2.26. The Morgan fingerprint density at radius 3 is 2.57 bits per heavy atom. The number of amides is 1. The first-order valence-electron chi connectivity index (χ1n) is 7.52. The Morgan fingerprint density at radius 1 is 1.09 bits per heavy atom. The summed E-state index contributed by atoms with van der Waals surface area (Å²) in [5, 5.41) is 2.64. The summed E-state index contributed by atoms with van der Waals surface area (Å²) in [5.41, 5.74) is 0.421. The maximum absolute atomic E-state index is 12.6. The van der Waals surface area contributed by atoms with E-state index in [1.807, 2.05) is 0 Å². The number of anilines is 1. The second kappa shape index (κ2) is 6.55. The van der Waals surface area contributed by atoms with Crippen molar-refractivity contribution in [2.24, 2.45) is 0 Å². The summed E-state index contributed by atoms with van der Waals surface area (Å²) in [6.07, 6.45) is 4.24. The van der Waals surface area contributed by atoms with Gasteiger partial charge in [0.05, 0.1) is 11.2 Å². The van der Waals surface area contributed by atoms with Gasteiger partial charge in [-0.05, 0) is 43.2 Å². The quantitative estimate of drug-likeness (QED) is 0.932. The van der Waals surface area contributed by atoms with Crippen LogP contribution in [0.1, 0.15) is 29.8 Å². The summed E-state index contributed by atoms with van der Waals surface area (Å²) in [6.45, 7) is 1.09. The summed E-state index contributed by atoms with van der Waals surface area (Å²) in [5.74, 6) is -0.239. The first-order chi connectivity index (χ1) is 11.1. The van der Waals surface area contributed by atoms with Gasteiger partial charge in [-0.3, -0.25) is 4.79 Å². The Morgan fingerprint density at radius 2 is 1.87 bits per heavy atom. The van der Waals surface area contributed by atoms with E-state index in [9.17, 15) is 13.2 Å². The van der Waals surface area contributed by atoms with Gasteiger partial charge in [0.2, 0.25) is 10.0 Å². The molecule has 1 N–H and O–H groups in total. The van der Waals surface area contributed by atoms with Crippen molar-refractivity contribution in [1.29, 1.82) is 0 Å². The number of hydrogen-bond acceptors (Lipinski definition) is 4. The van der Waals surface area contributed by atoms with Crippen LogP contribution in [0.2, 0.25) is 0 Å². The third-order valence-corrected chi connectivity index (χ3v) is 5.68. The average molecular weight is 334 g/mol. The van der Waals surface area contributed by atoms with E-state index in [-0.39, 0.29) is 10.7 Å². The lowest BCUT2D eigenvalue weighted by Gasteiger charge is -2.26. The maximum atomic E-state index is 12.6. The summed E-state index contributed by atoms with van der Waals surface area (Å²) in [6, 6.07) is 9.46. The van der Waals surface area contributed by atoms with Crippen molar-refractivity contribution < 1.29 is 17.6 Å². The fourth-order valence-corrected chi connectivity index (χ4v) is 4.15. The van der Waals surface area contributed by atoms with E-state index >= 15 is 0 Å². The van der Waals surface area contributed by atoms with Crippen LogP contribution >= 0.6 is 0 Å². The maximum Gasteiger partial charge on any atom is 0.291 e. The molecule has 0 aliphatic carbocycles. The summed E-state index contributed by atoms with van der Waals surface area (Å²) >= 11 is 0. The minimum Gasteiger partial charge on any atom is -0.459 e. The molecular formula is C16H18N2O4S. The van der Waals surface area contributed by atoms with E-state index in [1.165, 1.54) is 16.6 Å². The monoisotopic (exact) mass is 334 g/mol. The van der Waals surface area contributed by atoms with Gasteiger partial charge >= 0.3 is 0 Å². The second-order valence-electron chi connectivity index (χ2n) is 5.42. The normalized spacial score (nSPS) is 16.2. The second-order valence-corrected chi connectivity index (χ2v) is 7.36. The smallest absolute Gasteiger partial charge is 0.291 e. The molecule has 23 heavy (non-hydrogen) atoms. The van der Waals surface area contributed by atoms with Gasteiger partial charge < -0.3 is 9.73 Å². The minimum absolute atomic E-state index is 0.175. The Labute approximate surface area is 135 Å². The fraction of sp³-hybridized carbons (Fsp3) is 0.312. The molecule has 1 aromatic heterocycles. The topological polar surface area (TPSA) is 79.6 Å². The number of benzene rings is 1. The van der Waals surface area contributed by atoms with Gasteiger partial charge in [-0.2, -0.15) is 4.31 Å². The first kappa shape index (κ1) is 15.8. The Hall–Kier alpha value is -2.12. The Bertz CT molecular complexity index is 778. The van der Waals surface area contributed by atoms with Gasteiger partial charge in [0, 0.05) is 18.8 Å². The zero-order valence-electron chi connectivity index (χ0n) is 12.6. The zero-order chi connectivity index (χ0) is 16.3. The molecule has 0 radical (unpaired) electrons. The van der Waals surface area contributed by atoms with E-state index in [1.54, 1.807) is 30.3 Å². The number of rotatable bonds is 4. The number of nitrogens with zero attached hydrogens (tertiary/aromatic N) is 1. The van der Waals surface area contributed by atoms with E-state index in [4.69, 9.17) is 4.42 Å². The highest BCUT2D eigenvalue weighted by molar-refractivity contribution is 7.89. The molecule has 1 aromatic carbocycles. The Balaban J connectivity index is 1.80. The molecule has 6 nitrogen and oxygen atoms in total. The minimum atomic E-state index is -3.52. The molecule has 7 heteroatoms. The number of carbonyl (C=O) groups excluding carboxylic acids is 1. The molecule has 1 aliphatic rings. The highest BCUT2D eigenvalue weighted by Crippen LogP contribution is 2.23. The summed E-state index contributed by atoms with van der Waals surface area (Å²) < 4.78 is 31.8. The SMILES string of the molecule is O=C(Nc1cccc(S(=O)(=O)N2CCCCC2)c1)c1ccco1. The first-order valence-corrected chi connectivity index (χ1v) is 8.96. The number of hydrogen-bond donors (Lipinski definition) is 1. The van der Waals surface area contributed by atoms with Crippen LogP contribution in [0.15, 0.2) is 52.0 Å². The van der Waals surface area contributed by atoms with Crippen LogP contribution in [0.5, 0.6) is 0 Å². The van der Waals surface area contributed by atoms with Crippen molar-refractivity contribution >= 4 is 21.6 Å². The third-order valence-electron chi connectivity index (χ3n) is 3.79.